The maximum absolute atomic E-state index is 6.02. The van der Waals surface area contributed by atoms with Gasteiger partial charge in [-0.3, -0.25) is 9.89 Å². The predicted octanol–water partition coefficient (Wildman–Crippen LogP) is 3.23. The predicted molar refractivity (Wildman–Crippen MR) is 122 cm³/mol. The van der Waals surface area contributed by atoms with Crippen molar-refractivity contribution in [2.75, 3.05) is 59.6 Å². The maximum Gasteiger partial charge on any atom is 0.193 e. The number of guanidine groups is 1. The molecule has 0 bridgehead atoms. The van der Waals surface area contributed by atoms with E-state index in [0.717, 1.165) is 70.5 Å². The van der Waals surface area contributed by atoms with Crippen LogP contribution in [0.1, 0.15) is 59.8 Å². The number of rotatable bonds is 10. The molecule has 1 atom stereocenters. The number of nitrogens with one attached hydrogen (secondary N) is 1. The highest BCUT2D eigenvalue weighted by molar-refractivity contribution is 5.80. The minimum absolute atomic E-state index is 0.379. The van der Waals surface area contributed by atoms with E-state index in [-0.39, 0.29) is 0 Å². The van der Waals surface area contributed by atoms with Gasteiger partial charge in [-0.15, -0.1) is 0 Å². The first-order valence-corrected chi connectivity index (χ1v) is 11.9. The van der Waals surface area contributed by atoms with Crippen LogP contribution in [0.25, 0.3) is 0 Å². The second-order valence-electron chi connectivity index (χ2n) is 9.13. The Hall–Kier alpha value is -0.850. The fourth-order valence-electron chi connectivity index (χ4n) is 4.40. The third kappa shape index (κ3) is 8.42. The zero-order chi connectivity index (χ0) is 21.1. The molecule has 6 heteroatoms. The third-order valence-corrected chi connectivity index (χ3v) is 6.41. The van der Waals surface area contributed by atoms with Crippen LogP contribution >= 0.6 is 0 Å². The Kier molecular flexibility index (Phi) is 11.3. The highest BCUT2D eigenvalue weighted by Gasteiger charge is 2.26. The van der Waals surface area contributed by atoms with Crippen LogP contribution in [0.3, 0.4) is 0 Å². The van der Waals surface area contributed by atoms with Crippen LogP contribution < -0.4 is 5.32 Å². The molecule has 0 aromatic rings. The summed E-state index contributed by atoms with van der Waals surface area (Å²) < 4.78 is 11.1. The summed E-state index contributed by atoms with van der Waals surface area (Å²) in [5, 5.41) is 3.53. The Morgan fingerprint density at radius 1 is 1.07 bits per heavy atom. The maximum atomic E-state index is 6.02. The largest absolute Gasteiger partial charge is 0.385 e. The summed E-state index contributed by atoms with van der Waals surface area (Å²) in [7, 11) is 1.75. The topological polar surface area (TPSA) is 49.3 Å². The lowest BCUT2D eigenvalue weighted by Gasteiger charge is -2.39. The number of aliphatic imine (C=N–C) groups is 1. The molecule has 0 radical (unpaired) electrons. The van der Waals surface area contributed by atoms with Gasteiger partial charge in [-0.2, -0.15) is 0 Å². The third-order valence-electron chi connectivity index (χ3n) is 6.41. The monoisotopic (exact) mass is 410 g/mol. The van der Waals surface area contributed by atoms with Crippen LogP contribution in [0.2, 0.25) is 0 Å². The second-order valence-corrected chi connectivity index (χ2v) is 9.13. The van der Waals surface area contributed by atoms with E-state index in [9.17, 15) is 0 Å². The number of piperidine rings is 2. The van der Waals surface area contributed by atoms with Crippen molar-refractivity contribution in [2.45, 2.75) is 71.9 Å². The summed E-state index contributed by atoms with van der Waals surface area (Å²) in [5.74, 6) is 2.58. The van der Waals surface area contributed by atoms with Gasteiger partial charge in [-0.1, -0.05) is 20.8 Å². The summed E-state index contributed by atoms with van der Waals surface area (Å²) in [6, 6.07) is 0.540. The zero-order valence-electron chi connectivity index (χ0n) is 19.7. The lowest BCUT2D eigenvalue weighted by atomic mass is 9.94. The Bertz CT molecular complexity index is 456. The van der Waals surface area contributed by atoms with Crippen molar-refractivity contribution in [1.29, 1.82) is 0 Å². The SMILES string of the molecule is CCNC(=NCC(C(C)C)N1CCC(C)CC1)N1CCC(OCCCOC)CC1. The highest BCUT2D eigenvalue weighted by Crippen LogP contribution is 2.22. The number of hydrogen-bond donors (Lipinski definition) is 1. The molecule has 2 aliphatic heterocycles. The van der Waals surface area contributed by atoms with Crippen LogP contribution in [0.4, 0.5) is 0 Å². The Labute approximate surface area is 179 Å². The average Bonchev–Trinajstić information content (AvgIpc) is 2.72. The molecule has 2 saturated heterocycles. The van der Waals surface area contributed by atoms with Crippen LogP contribution in [0, 0.1) is 11.8 Å². The second kappa shape index (κ2) is 13.5. The summed E-state index contributed by atoms with van der Waals surface area (Å²) in [6.45, 7) is 17.1. The van der Waals surface area contributed by atoms with Gasteiger partial charge in [0.05, 0.1) is 12.6 Å². The summed E-state index contributed by atoms with van der Waals surface area (Å²) in [5.41, 5.74) is 0. The quantitative estimate of drug-likeness (QED) is 0.340. The van der Waals surface area contributed by atoms with Gasteiger partial charge < -0.3 is 19.7 Å². The fourth-order valence-corrected chi connectivity index (χ4v) is 4.40. The Morgan fingerprint density at radius 2 is 1.76 bits per heavy atom. The number of nitrogens with zero attached hydrogens (tertiary/aromatic N) is 3. The molecule has 0 saturated carbocycles. The van der Waals surface area contributed by atoms with E-state index in [1.54, 1.807) is 7.11 Å². The highest BCUT2D eigenvalue weighted by atomic mass is 16.5. The minimum Gasteiger partial charge on any atom is -0.385 e. The lowest BCUT2D eigenvalue weighted by molar-refractivity contribution is 0.00986. The van der Waals surface area contributed by atoms with E-state index in [1.807, 2.05) is 0 Å². The molecular formula is C23H46N4O2. The fraction of sp³-hybridized carbons (Fsp3) is 0.957. The number of ether oxygens (including phenoxy) is 2. The van der Waals surface area contributed by atoms with Gasteiger partial charge in [-0.05, 0) is 64.0 Å². The van der Waals surface area contributed by atoms with Gasteiger partial charge in [0.2, 0.25) is 0 Å². The molecule has 0 aliphatic carbocycles. The van der Waals surface area contributed by atoms with Crippen molar-refractivity contribution in [3.8, 4) is 0 Å². The molecule has 170 valence electrons. The van der Waals surface area contributed by atoms with E-state index in [0.29, 0.717) is 18.1 Å². The molecule has 1 unspecified atom stereocenters. The zero-order valence-corrected chi connectivity index (χ0v) is 19.7. The van der Waals surface area contributed by atoms with Gasteiger partial charge in [0.25, 0.3) is 0 Å². The molecule has 2 rings (SSSR count). The van der Waals surface area contributed by atoms with Crippen LogP contribution in [-0.2, 0) is 9.47 Å². The van der Waals surface area contributed by atoms with Crippen molar-refractivity contribution in [3.05, 3.63) is 0 Å². The molecule has 2 heterocycles. The molecule has 2 fully saturated rings. The first-order chi connectivity index (χ1) is 14.0. The van der Waals surface area contributed by atoms with Crippen LogP contribution in [-0.4, -0.2) is 87.5 Å². The van der Waals surface area contributed by atoms with E-state index < -0.39 is 0 Å². The average molecular weight is 411 g/mol. The van der Waals surface area contributed by atoms with E-state index >= 15 is 0 Å². The summed E-state index contributed by atoms with van der Waals surface area (Å²) in [6.07, 6.45) is 6.16. The molecule has 0 spiro atoms. The summed E-state index contributed by atoms with van der Waals surface area (Å²) >= 11 is 0. The van der Waals surface area contributed by atoms with Crippen molar-refractivity contribution >= 4 is 5.96 Å². The molecule has 0 aromatic heterocycles. The molecule has 2 aliphatic rings. The smallest absolute Gasteiger partial charge is 0.193 e. The molecule has 6 nitrogen and oxygen atoms in total. The van der Waals surface area contributed by atoms with Crippen LogP contribution in [0.15, 0.2) is 4.99 Å². The van der Waals surface area contributed by atoms with Gasteiger partial charge in [0.15, 0.2) is 5.96 Å². The lowest BCUT2D eigenvalue weighted by Crippen LogP contribution is -2.49. The first-order valence-electron chi connectivity index (χ1n) is 11.9. The molecular weight excluding hydrogens is 364 g/mol. The van der Waals surface area contributed by atoms with E-state index in [2.05, 4.69) is 42.8 Å². The molecule has 0 amide bonds. The first kappa shape index (κ1) is 24.4. The normalized spacial score (nSPS) is 21.7. The van der Waals surface area contributed by atoms with Crippen molar-refractivity contribution < 1.29 is 9.47 Å². The van der Waals surface area contributed by atoms with Crippen molar-refractivity contribution in [1.82, 2.24) is 15.1 Å². The number of likely N-dealkylation sites (tertiary alicyclic amines) is 2. The van der Waals surface area contributed by atoms with Crippen molar-refractivity contribution in [3.63, 3.8) is 0 Å². The van der Waals surface area contributed by atoms with Crippen molar-refractivity contribution in [2.24, 2.45) is 16.8 Å². The standard InChI is InChI=1S/C23H46N4O2/c1-6-24-23(27-14-10-21(11-15-27)29-17-7-16-28-5)25-18-22(19(2)3)26-12-8-20(4)9-13-26/h19-22H,6-18H2,1-5H3,(H,24,25). The van der Waals surface area contributed by atoms with Gasteiger partial charge in [-0.25, -0.2) is 0 Å². The Morgan fingerprint density at radius 3 is 2.34 bits per heavy atom. The van der Waals surface area contributed by atoms with Gasteiger partial charge >= 0.3 is 0 Å². The number of methoxy groups -OCH3 is 1. The molecule has 29 heavy (non-hydrogen) atoms. The van der Waals surface area contributed by atoms with E-state index in [4.69, 9.17) is 14.5 Å². The molecule has 0 aromatic carbocycles. The van der Waals surface area contributed by atoms with E-state index in [1.165, 1.54) is 25.9 Å². The van der Waals surface area contributed by atoms with Gasteiger partial charge in [0, 0.05) is 46.0 Å². The minimum atomic E-state index is 0.379. The molecule has 1 N–H and O–H groups in total. The summed E-state index contributed by atoms with van der Waals surface area (Å²) in [4.78, 5) is 10.2. The van der Waals surface area contributed by atoms with Gasteiger partial charge in [0.1, 0.15) is 0 Å². The number of hydrogen-bond acceptors (Lipinski definition) is 4. The van der Waals surface area contributed by atoms with Crippen LogP contribution in [0.5, 0.6) is 0 Å². The Balaban J connectivity index is 1.86.